The van der Waals surface area contributed by atoms with Crippen LogP contribution >= 0.6 is 0 Å². The summed E-state index contributed by atoms with van der Waals surface area (Å²) in [6.45, 7) is 12.6. The first-order chi connectivity index (χ1) is 19.7. The molecule has 222 valence electrons. The average molecular weight is 556 g/mol. The summed E-state index contributed by atoms with van der Waals surface area (Å²) >= 11 is 0. The van der Waals surface area contributed by atoms with Gasteiger partial charge in [-0.1, -0.05) is 102 Å². The van der Waals surface area contributed by atoms with Crippen molar-refractivity contribution in [1.29, 1.82) is 0 Å². The smallest absolute Gasteiger partial charge is 0.411 e. The van der Waals surface area contributed by atoms with Gasteiger partial charge in [-0.2, -0.15) is 0 Å². The SMILES string of the molecule is CC(C)CCC[C@@H](C)[C@@H]1CC[C@@H]2[C@H]3CC=C4C[C@@H](OC(=O)Nc5cccc6ccccc56)CC[C@]4(C)[C@@H]3CC[C@]21C. The third-order valence-electron chi connectivity index (χ3n) is 12.6. The normalized spacial score (nSPS) is 35.3. The van der Waals surface area contributed by atoms with Crippen molar-refractivity contribution in [1.82, 2.24) is 0 Å². The second kappa shape index (κ2) is 11.4. The molecular formula is C38H53NO2. The first-order valence-corrected chi connectivity index (χ1v) is 16.8. The van der Waals surface area contributed by atoms with Crippen LogP contribution in [0.15, 0.2) is 54.1 Å². The van der Waals surface area contributed by atoms with Gasteiger partial charge in [-0.15, -0.1) is 0 Å². The lowest BCUT2D eigenvalue weighted by Crippen LogP contribution is -2.51. The van der Waals surface area contributed by atoms with Crippen LogP contribution in [0.4, 0.5) is 10.5 Å². The van der Waals surface area contributed by atoms with Gasteiger partial charge in [0.2, 0.25) is 0 Å². The minimum Gasteiger partial charge on any atom is -0.446 e. The molecule has 0 saturated heterocycles. The highest BCUT2D eigenvalue weighted by Crippen LogP contribution is 2.67. The van der Waals surface area contributed by atoms with Crippen molar-refractivity contribution in [3.63, 3.8) is 0 Å². The summed E-state index contributed by atoms with van der Waals surface area (Å²) in [5.41, 5.74) is 3.20. The summed E-state index contributed by atoms with van der Waals surface area (Å²) in [6, 6.07) is 14.2. The number of hydrogen-bond donors (Lipinski definition) is 1. The van der Waals surface area contributed by atoms with E-state index in [-0.39, 0.29) is 17.6 Å². The fourth-order valence-electron chi connectivity index (χ4n) is 10.4. The molecule has 1 N–H and O–H groups in total. The number of carbonyl (C=O) groups excluding carboxylic acids is 1. The van der Waals surface area contributed by atoms with E-state index in [0.717, 1.165) is 71.2 Å². The van der Waals surface area contributed by atoms with Crippen LogP contribution in [0.25, 0.3) is 10.8 Å². The highest BCUT2D eigenvalue weighted by Gasteiger charge is 2.59. The lowest BCUT2D eigenvalue weighted by Gasteiger charge is -2.58. The maximum Gasteiger partial charge on any atom is 0.411 e. The minimum absolute atomic E-state index is 0.0303. The van der Waals surface area contributed by atoms with Gasteiger partial charge in [0.15, 0.2) is 0 Å². The molecule has 0 aromatic heterocycles. The number of ether oxygens (including phenoxy) is 1. The minimum atomic E-state index is -0.322. The Morgan fingerprint density at radius 3 is 2.59 bits per heavy atom. The van der Waals surface area contributed by atoms with Crippen LogP contribution in [-0.2, 0) is 4.74 Å². The van der Waals surface area contributed by atoms with Crippen LogP contribution in [0.3, 0.4) is 0 Å². The maximum atomic E-state index is 13.0. The largest absolute Gasteiger partial charge is 0.446 e. The standard InChI is InChI=1S/C38H53NO2/c1-25(2)10-8-11-26(3)32-18-19-33-31-17-16-28-24-29(20-22-37(28,4)34(31)21-23-38(32,33)5)41-36(40)39-35-15-9-13-27-12-6-7-14-30(27)35/h6-7,9,12-16,25-26,29,31-34H,8,10-11,17-24H2,1-5H3,(H,39,40)/t26-,29+,31-,32+,33-,34-,37+,38+/m1/s1. The number of fused-ring (bicyclic) bond motifs is 6. The Morgan fingerprint density at radius 2 is 1.76 bits per heavy atom. The topological polar surface area (TPSA) is 38.3 Å². The maximum absolute atomic E-state index is 13.0. The zero-order chi connectivity index (χ0) is 28.8. The molecule has 0 radical (unpaired) electrons. The summed E-state index contributed by atoms with van der Waals surface area (Å²) in [5, 5.41) is 5.21. The predicted molar refractivity (Wildman–Crippen MR) is 171 cm³/mol. The summed E-state index contributed by atoms with van der Waals surface area (Å²) in [5.74, 6) is 5.10. The van der Waals surface area contributed by atoms with Gasteiger partial charge < -0.3 is 4.74 Å². The Balaban J connectivity index is 1.10. The van der Waals surface area contributed by atoms with Crippen molar-refractivity contribution < 1.29 is 9.53 Å². The van der Waals surface area contributed by atoms with Crippen molar-refractivity contribution in [2.75, 3.05) is 5.32 Å². The summed E-state index contributed by atoms with van der Waals surface area (Å²) < 4.78 is 6.06. The fraction of sp³-hybridized carbons (Fsp3) is 0.658. The van der Waals surface area contributed by atoms with E-state index in [4.69, 9.17) is 4.74 Å². The molecule has 0 spiro atoms. The second-order valence-electron chi connectivity index (χ2n) is 15.2. The molecule has 0 unspecified atom stereocenters. The molecule has 4 aliphatic carbocycles. The van der Waals surface area contributed by atoms with Crippen molar-refractivity contribution in [3.05, 3.63) is 54.1 Å². The van der Waals surface area contributed by atoms with Gasteiger partial charge in [0.1, 0.15) is 6.10 Å². The Morgan fingerprint density at radius 1 is 0.951 bits per heavy atom. The molecule has 3 fully saturated rings. The lowest BCUT2D eigenvalue weighted by atomic mass is 9.47. The third-order valence-corrected chi connectivity index (χ3v) is 12.6. The highest BCUT2D eigenvalue weighted by atomic mass is 16.6. The summed E-state index contributed by atoms with van der Waals surface area (Å²) in [4.78, 5) is 13.0. The van der Waals surface area contributed by atoms with Crippen LogP contribution in [0, 0.1) is 46.3 Å². The predicted octanol–water partition coefficient (Wildman–Crippen LogP) is 10.8. The van der Waals surface area contributed by atoms with E-state index in [9.17, 15) is 4.79 Å². The average Bonchev–Trinajstić information content (AvgIpc) is 3.30. The van der Waals surface area contributed by atoms with Crippen molar-refractivity contribution in [3.8, 4) is 0 Å². The molecule has 3 heteroatoms. The quantitative estimate of drug-likeness (QED) is 0.345. The molecule has 8 atom stereocenters. The monoisotopic (exact) mass is 555 g/mol. The van der Waals surface area contributed by atoms with Gasteiger partial charge >= 0.3 is 6.09 Å². The second-order valence-corrected chi connectivity index (χ2v) is 15.2. The van der Waals surface area contributed by atoms with Gasteiger partial charge in [-0.25, -0.2) is 4.79 Å². The Hall–Kier alpha value is -2.29. The number of nitrogens with one attached hydrogen (secondary N) is 1. The van der Waals surface area contributed by atoms with Gasteiger partial charge in [0, 0.05) is 11.8 Å². The molecular weight excluding hydrogens is 502 g/mol. The molecule has 0 bridgehead atoms. The van der Waals surface area contributed by atoms with E-state index < -0.39 is 0 Å². The molecule has 0 heterocycles. The Bertz CT molecular complexity index is 1270. The van der Waals surface area contributed by atoms with Crippen LogP contribution in [0.2, 0.25) is 0 Å². The van der Waals surface area contributed by atoms with Crippen LogP contribution < -0.4 is 5.32 Å². The third kappa shape index (κ3) is 5.36. The lowest BCUT2D eigenvalue weighted by molar-refractivity contribution is -0.0577. The molecule has 2 aromatic carbocycles. The first-order valence-electron chi connectivity index (χ1n) is 16.8. The summed E-state index contributed by atoms with van der Waals surface area (Å²) in [6.07, 6.45) is 16.4. The molecule has 4 aliphatic rings. The van der Waals surface area contributed by atoms with Crippen molar-refractivity contribution in [2.24, 2.45) is 46.3 Å². The molecule has 3 nitrogen and oxygen atoms in total. The Labute approximate surface area is 248 Å². The number of anilines is 1. The highest BCUT2D eigenvalue weighted by molar-refractivity contribution is 6.00. The number of rotatable bonds is 7. The number of carbonyl (C=O) groups is 1. The van der Waals surface area contributed by atoms with E-state index in [2.05, 4.69) is 64.2 Å². The number of benzene rings is 2. The van der Waals surface area contributed by atoms with E-state index >= 15 is 0 Å². The van der Waals surface area contributed by atoms with E-state index in [1.807, 2.05) is 24.3 Å². The van der Waals surface area contributed by atoms with E-state index in [1.165, 1.54) is 51.4 Å². The van der Waals surface area contributed by atoms with E-state index in [0.29, 0.717) is 5.41 Å². The molecule has 41 heavy (non-hydrogen) atoms. The van der Waals surface area contributed by atoms with Crippen LogP contribution in [0.1, 0.15) is 105 Å². The number of amides is 1. The van der Waals surface area contributed by atoms with E-state index in [1.54, 1.807) is 5.57 Å². The summed E-state index contributed by atoms with van der Waals surface area (Å²) in [7, 11) is 0. The van der Waals surface area contributed by atoms with Crippen molar-refractivity contribution >= 4 is 22.6 Å². The number of hydrogen-bond acceptors (Lipinski definition) is 2. The van der Waals surface area contributed by atoms with Crippen LogP contribution in [-0.4, -0.2) is 12.2 Å². The molecule has 3 saturated carbocycles. The molecule has 1 amide bonds. The molecule has 6 rings (SSSR count). The van der Waals surface area contributed by atoms with Gasteiger partial charge in [-0.05, 0) is 103 Å². The van der Waals surface area contributed by atoms with Gasteiger partial charge in [-0.3, -0.25) is 5.32 Å². The zero-order valence-corrected chi connectivity index (χ0v) is 26.3. The zero-order valence-electron chi connectivity index (χ0n) is 26.3. The van der Waals surface area contributed by atoms with Gasteiger partial charge in [0.25, 0.3) is 0 Å². The van der Waals surface area contributed by atoms with Crippen LogP contribution in [0.5, 0.6) is 0 Å². The van der Waals surface area contributed by atoms with Gasteiger partial charge in [0.05, 0.1) is 5.69 Å². The first kappa shape index (κ1) is 28.8. The number of allylic oxidation sites excluding steroid dienone is 1. The Kier molecular flexibility index (Phi) is 8.02. The molecule has 0 aliphatic heterocycles. The molecule has 2 aromatic rings. The van der Waals surface area contributed by atoms with Crippen molar-refractivity contribution in [2.45, 2.75) is 111 Å². The fourth-order valence-corrected chi connectivity index (χ4v) is 10.4.